The highest BCUT2D eigenvalue weighted by Gasteiger charge is 2.13. The highest BCUT2D eigenvalue weighted by Crippen LogP contribution is 2.11. The molecular weight excluding hydrogens is 166 g/mol. The SMILES string of the molecule is CC(=O)c1cc(C#N)nn1C(C)C. The van der Waals surface area contributed by atoms with Crippen molar-refractivity contribution in [2.45, 2.75) is 26.8 Å². The average Bonchev–Trinajstić information content (AvgIpc) is 2.47. The van der Waals surface area contributed by atoms with Crippen LogP contribution in [-0.4, -0.2) is 15.6 Å². The second kappa shape index (κ2) is 3.40. The largest absolute Gasteiger partial charge is 0.293 e. The topological polar surface area (TPSA) is 58.7 Å². The molecule has 0 radical (unpaired) electrons. The molecule has 0 bridgehead atoms. The molecule has 0 saturated heterocycles. The Balaban J connectivity index is 3.25. The molecule has 1 aromatic heterocycles. The maximum Gasteiger partial charge on any atom is 0.177 e. The van der Waals surface area contributed by atoms with Gasteiger partial charge in [-0.2, -0.15) is 10.4 Å². The van der Waals surface area contributed by atoms with Crippen LogP contribution in [0.25, 0.3) is 0 Å². The molecule has 68 valence electrons. The molecular formula is C9H11N3O. The normalized spacial score (nSPS) is 10.1. The van der Waals surface area contributed by atoms with Gasteiger partial charge in [0.1, 0.15) is 11.8 Å². The third-order valence-corrected chi connectivity index (χ3v) is 1.70. The van der Waals surface area contributed by atoms with Gasteiger partial charge in [-0.05, 0) is 13.8 Å². The molecule has 0 aromatic carbocycles. The fourth-order valence-electron chi connectivity index (χ4n) is 1.11. The molecule has 0 atom stereocenters. The highest BCUT2D eigenvalue weighted by atomic mass is 16.1. The number of hydrogen-bond donors (Lipinski definition) is 0. The Labute approximate surface area is 76.8 Å². The minimum absolute atomic E-state index is 0.0669. The van der Waals surface area contributed by atoms with Crippen molar-refractivity contribution in [3.05, 3.63) is 17.5 Å². The van der Waals surface area contributed by atoms with Gasteiger partial charge in [-0.15, -0.1) is 0 Å². The van der Waals surface area contributed by atoms with Gasteiger partial charge in [0, 0.05) is 19.0 Å². The Morgan fingerprint density at radius 3 is 2.62 bits per heavy atom. The van der Waals surface area contributed by atoms with Crippen LogP contribution in [-0.2, 0) is 0 Å². The second-order valence-electron chi connectivity index (χ2n) is 3.12. The van der Waals surface area contributed by atoms with Crippen molar-refractivity contribution < 1.29 is 4.79 Å². The van der Waals surface area contributed by atoms with Crippen LogP contribution < -0.4 is 0 Å². The molecule has 0 amide bonds. The molecule has 1 aromatic rings. The third-order valence-electron chi connectivity index (χ3n) is 1.70. The van der Waals surface area contributed by atoms with Gasteiger partial charge in [0.15, 0.2) is 11.5 Å². The Morgan fingerprint density at radius 1 is 1.69 bits per heavy atom. The first kappa shape index (κ1) is 9.46. The van der Waals surface area contributed by atoms with E-state index in [1.54, 1.807) is 4.68 Å². The van der Waals surface area contributed by atoms with Crippen LogP contribution in [0.15, 0.2) is 6.07 Å². The first-order valence-electron chi connectivity index (χ1n) is 4.07. The number of carbonyl (C=O) groups is 1. The van der Waals surface area contributed by atoms with Gasteiger partial charge in [-0.1, -0.05) is 0 Å². The number of ketones is 1. The number of Topliss-reactive ketones (excluding diaryl/α,β-unsaturated/α-hetero) is 1. The summed E-state index contributed by atoms with van der Waals surface area (Å²) in [5.74, 6) is -0.0669. The highest BCUT2D eigenvalue weighted by molar-refractivity contribution is 5.92. The predicted octanol–water partition coefficient (Wildman–Crippen LogP) is 1.54. The van der Waals surface area contributed by atoms with Crippen LogP contribution in [0.2, 0.25) is 0 Å². The Kier molecular flexibility index (Phi) is 2.47. The van der Waals surface area contributed by atoms with Crippen LogP contribution in [0.3, 0.4) is 0 Å². The van der Waals surface area contributed by atoms with Crippen molar-refractivity contribution in [1.82, 2.24) is 9.78 Å². The maximum absolute atomic E-state index is 11.1. The average molecular weight is 177 g/mol. The molecule has 0 aliphatic heterocycles. The zero-order valence-electron chi connectivity index (χ0n) is 7.90. The zero-order valence-corrected chi connectivity index (χ0v) is 7.90. The van der Waals surface area contributed by atoms with Gasteiger partial charge < -0.3 is 0 Å². The summed E-state index contributed by atoms with van der Waals surface area (Å²) in [6, 6.07) is 3.53. The van der Waals surface area contributed by atoms with E-state index in [1.807, 2.05) is 19.9 Å². The van der Waals surface area contributed by atoms with Crippen LogP contribution in [0.1, 0.15) is 43.0 Å². The smallest absolute Gasteiger partial charge is 0.177 e. The first-order chi connectivity index (χ1) is 6.06. The Morgan fingerprint density at radius 2 is 2.31 bits per heavy atom. The molecule has 0 N–H and O–H groups in total. The molecule has 1 rings (SSSR count). The zero-order chi connectivity index (χ0) is 10.0. The van der Waals surface area contributed by atoms with Gasteiger partial charge in [0.05, 0.1) is 0 Å². The Bertz CT molecular complexity index is 371. The summed E-state index contributed by atoms with van der Waals surface area (Å²) in [6.45, 7) is 5.30. The van der Waals surface area contributed by atoms with Crippen molar-refractivity contribution in [1.29, 1.82) is 5.26 Å². The minimum Gasteiger partial charge on any atom is -0.293 e. The molecule has 0 saturated carbocycles. The van der Waals surface area contributed by atoms with Crippen molar-refractivity contribution in [2.24, 2.45) is 0 Å². The summed E-state index contributed by atoms with van der Waals surface area (Å²) in [7, 11) is 0. The van der Waals surface area contributed by atoms with Crippen LogP contribution in [0.4, 0.5) is 0 Å². The van der Waals surface area contributed by atoms with E-state index in [0.29, 0.717) is 11.4 Å². The lowest BCUT2D eigenvalue weighted by Gasteiger charge is -2.07. The van der Waals surface area contributed by atoms with E-state index in [4.69, 9.17) is 5.26 Å². The summed E-state index contributed by atoms with van der Waals surface area (Å²) in [4.78, 5) is 11.1. The van der Waals surface area contributed by atoms with Gasteiger partial charge in [-0.25, -0.2) is 0 Å². The second-order valence-corrected chi connectivity index (χ2v) is 3.12. The van der Waals surface area contributed by atoms with E-state index in [9.17, 15) is 4.79 Å². The van der Waals surface area contributed by atoms with Gasteiger partial charge in [0.2, 0.25) is 0 Å². The number of hydrogen-bond acceptors (Lipinski definition) is 3. The Hall–Kier alpha value is -1.63. The van der Waals surface area contributed by atoms with Crippen molar-refractivity contribution in [3.63, 3.8) is 0 Å². The lowest BCUT2D eigenvalue weighted by molar-refractivity contribution is 0.100. The summed E-state index contributed by atoms with van der Waals surface area (Å²) < 4.78 is 1.57. The summed E-state index contributed by atoms with van der Waals surface area (Å²) in [5, 5.41) is 12.6. The monoisotopic (exact) mass is 177 g/mol. The fraction of sp³-hybridized carbons (Fsp3) is 0.444. The van der Waals surface area contributed by atoms with E-state index in [0.717, 1.165) is 0 Å². The molecule has 0 fully saturated rings. The molecule has 0 aliphatic carbocycles. The molecule has 4 nitrogen and oxygen atoms in total. The molecule has 0 unspecified atom stereocenters. The van der Waals surface area contributed by atoms with Crippen LogP contribution in [0, 0.1) is 11.3 Å². The van der Waals surface area contributed by atoms with Crippen LogP contribution in [0.5, 0.6) is 0 Å². The van der Waals surface area contributed by atoms with Gasteiger partial charge in [-0.3, -0.25) is 9.48 Å². The molecule has 1 heterocycles. The number of rotatable bonds is 2. The van der Waals surface area contributed by atoms with Crippen molar-refractivity contribution in [2.75, 3.05) is 0 Å². The first-order valence-corrected chi connectivity index (χ1v) is 4.07. The predicted molar refractivity (Wildman–Crippen MR) is 47.3 cm³/mol. The van der Waals surface area contributed by atoms with E-state index in [2.05, 4.69) is 5.10 Å². The summed E-state index contributed by atoms with van der Waals surface area (Å²) in [5.41, 5.74) is 0.783. The number of aromatic nitrogens is 2. The quantitative estimate of drug-likeness (QED) is 0.644. The standard InChI is InChI=1S/C9H11N3O/c1-6(2)12-9(7(3)13)4-8(5-10)11-12/h4,6H,1-3H3. The lowest BCUT2D eigenvalue weighted by Crippen LogP contribution is -2.10. The van der Waals surface area contributed by atoms with Gasteiger partial charge in [0.25, 0.3) is 0 Å². The minimum atomic E-state index is -0.0669. The van der Waals surface area contributed by atoms with E-state index in [-0.39, 0.29) is 11.8 Å². The summed E-state index contributed by atoms with van der Waals surface area (Å²) in [6.07, 6.45) is 0. The third kappa shape index (κ3) is 1.75. The van der Waals surface area contributed by atoms with E-state index >= 15 is 0 Å². The molecule has 0 spiro atoms. The number of nitriles is 1. The lowest BCUT2D eigenvalue weighted by atomic mass is 10.2. The van der Waals surface area contributed by atoms with Crippen molar-refractivity contribution in [3.8, 4) is 6.07 Å². The number of nitrogens with zero attached hydrogens (tertiary/aromatic N) is 3. The van der Waals surface area contributed by atoms with Crippen molar-refractivity contribution >= 4 is 5.78 Å². The fourth-order valence-corrected chi connectivity index (χ4v) is 1.11. The summed E-state index contributed by atoms with van der Waals surface area (Å²) >= 11 is 0. The van der Waals surface area contributed by atoms with E-state index in [1.165, 1.54) is 13.0 Å². The van der Waals surface area contributed by atoms with Gasteiger partial charge >= 0.3 is 0 Å². The molecule has 13 heavy (non-hydrogen) atoms. The molecule has 4 heteroatoms. The maximum atomic E-state index is 11.1. The molecule has 0 aliphatic rings. The van der Waals surface area contributed by atoms with Crippen LogP contribution >= 0.6 is 0 Å². The number of carbonyl (C=O) groups excluding carboxylic acids is 1. The van der Waals surface area contributed by atoms with E-state index < -0.39 is 0 Å².